The minimum absolute atomic E-state index is 0.145. The maximum atomic E-state index is 12.8. The van der Waals surface area contributed by atoms with Crippen LogP contribution in [-0.2, 0) is 22.6 Å². The predicted molar refractivity (Wildman–Crippen MR) is 122 cm³/mol. The molecule has 1 N–H and O–H groups in total. The molecule has 1 aromatic carbocycles. The molecule has 0 aliphatic carbocycles. The smallest absolute Gasteiger partial charge is 0.297 e. The minimum Gasteiger partial charge on any atom is -0.448 e. The van der Waals surface area contributed by atoms with Crippen LogP contribution in [0.4, 0.5) is 5.13 Å². The number of hydrogen-bond donors (Lipinski definition) is 1. The van der Waals surface area contributed by atoms with Gasteiger partial charge in [0.05, 0.1) is 24.2 Å². The van der Waals surface area contributed by atoms with E-state index in [0.29, 0.717) is 22.8 Å². The van der Waals surface area contributed by atoms with Crippen molar-refractivity contribution in [2.75, 3.05) is 18.4 Å². The highest BCUT2D eigenvalue weighted by Gasteiger charge is 2.23. The van der Waals surface area contributed by atoms with Crippen molar-refractivity contribution in [3.8, 4) is 0 Å². The van der Waals surface area contributed by atoms with Gasteiger partial charge in [0.25, 0.3) is 5.56 Å². The number of thiazole rings is 1. The van der Waals surface area contributed by atoms with E-state index >= 15 is 0 Å². The number of para-hydroxylation sites is 1. The van der Waals surface area contributed by atoms with Gasteiger partial charge in [-0.1, -0.05) is 12.1 Å². The van der Waals surface area contributed by atoms with Crippen molar-refractivity contribution in [1.29, 1.82) is 0 Å². The summed E-state index contributed by atoms with van der Waals surface area (Å²) in [5, 5.41) is 5.99. The number of morpholine rings is 1. The van der Waals surface area contributed by atoms with E-state index in [1.165, 1.54) is 22.2 Å². The molecule has 10 heteroatoms. The number of amides is 1. The van der Waals surface area contributed by atoms with Crippen LogP contribution in [0.5, 0.6) is 0 Å². The molecule has 0 spiro atoms. The lowest BCUT2D eigenvalue weighted by Crippen LogP contribution is -2.44. The van der Waals surface area contributed by atoms with E-state index in [4.69, 9.17) is 9.15 Å². The maximum absolute atomic E-state index is 12.8. The van der Waals surface area contributed by atoms with Gasteiger partial charge in [-0.25, -0.2) is 9.97 Å². The molecule has 3 aromatic heterocycles. The molecule has 166 valence electrons. The molecular formula is C22H23N5O4S. The highest BCUT2D eigenvalue weighted by atomic mass is 32.1. The molecule has 32 heavy (non-hydrogen) atoms. The van der Waals surface area contributed by atoms with Crippen molar-refractivity contribution in [2.45, 2.75) is 39.1 Å². The van der Waals surface area contributed by atoms with Crippen LogP contribution in [0.25, 0.3) is 22.1 Å². The van der Waals surface area contributed by atoms with Crippen LogP contribution in [0.3, 0.4) is 0 Å². The Morgan fingerprint density at radius 3 is 2.84 bits per heavy atom. The zero-order chi connectivity index (χ0) is 22.2. The molecule has 0 saturated carbocycles. The summed E-state index contributed by atoms with van der Waals surface area (Å²) in [5.41, 5.74) is 1.74. The molecule has 5 rings (SSSR count). The summed E-state index contributed by atoms with van der Waals surface area (Å²) in [6.07, 6.45) is 1.75. The van der Waals surface area contributed by atoms with Gasteiger partial charge in [-0.2, -0.15) is 0 Å². The molecular weight excluding hydrogens is 430 g/mol. The quantitative estimate of drug-likeness (QED) is 0.496. The van der Waals surface area contributed by atoms with Gasteiger partial charge in [0.1, 0.15) is 17.6 Å². The molecule has 0 radical (unpaired) electrons. The topological polar surface area (TPSA) is 102 Å². The van der Waals surface area contributed by atoms with Crippen LogP contribution in [0.1, 0.15) is 19.5 Å². The summed E-state index contributed by atoms with van der Waals surface area (Å²) >= 11 is 1.37. The summed E-state index contributed by atoms with van der Waals surface area (Å²) in [6, 6.07) is 7.33. The number of fused-ring (bicyclic) bond motifs is 3. The summed E-state index contributed by atoms with van der Waals surface area (Å²) in [5.74, 6) is -0.348. The highest BCUT2D eigenvalue weighted by Crippen LogP contribution is 2.24. The Hall–Kier alpha value is -3.08. The molecule has 9 nitrogen and oxygen atoms in total. The van der Waals surface area contributed by atoms with Gasteiger partial charge in [-0.05, 0) is 26.0 Å². The van der Waals surface area contributed by atoms with Crippen molar-refractivity contribution in [2.24, 2.45) is 0 Å². The first kappa shape index (κ1) is 20.8. The van der Waals surface area contributed by atoms with Gasteiger partial charge in [0.2, 0.25) is 11.5 Å². The molecule has 4 heterocycles. The number of nitrogens with zero attached hydrogens (tertiary/aromatic N) is 4. The minimum atomic E-state index is -0.392. The number of carbonyl (C=O) groups is 1. The molecule has 1 aliphatic heterocycles. The fourth-order valence-corrected chi connectivity index (χ4v) is 4.84. The first-order chi connectivity index (χ1) is 15.5. The van der Waals surface area contributed by atoms with Crippen LogP contribution in [0.2, 0.25) is 0 Å². The van der Waals surface area contributed by atoms with Gasteiger partial charge in [-0.15, -0.1) is 11.3 Å². The van der Waals surface area contributed by atoms with E-state index in [1.807, 2.05) is 23.6 Å². The van der Waals surface area contributed by atoms with Crippen molar-refractivity contribution >= 4 is 44.4 Å². The van der Waals surface area contributed by atoms with Crippen molar-refractivity contribution in [3.63, 3.8) is 0 Å². The number of benzene rings is 1. The second-order valence-corrected chi connectivity index (χ2v) is 8.96. The van der Waals surface area contributed by atoms with Crippen molar-refractivity contribution in [1.82, 2.24) is 19.4 Å². The molecule has 1 amide bonds. The largest absolute Gasteiger partial charge is 0.448 e. The van der Waals surface area contributed by atoms with Crippen LogP contribution in [0.15, 0.2) is 45.2 Å². The number of rotatable bonds is 5. The summed E-state index contributed by atoms with van der Waals surface area (Å²) < 4.78 is 12.7. The fourth-order valence-electron chi connectivity index (χ4n) is 4.12. The zero-order valence-electron chi connectivity index (χ0n) is 17.8. The van der Waals surface area contributed by atoms with E-state index in [0.717, 1.165) is 24.2 Å². The summed E-state index contributed by atoms with van der Waals surface area (Å²) in [6.45, 7) is 6.36. The van der Waals surface area contributed by atoms with Gasteiger partial charge < -0.3 is 14.5 Å². The Kier molecular flexibility index (Phi) is 5.50. The highest BCUT2D eigenvalue weighted by molar-refractivity contribution is 7.13. The van der Waals surface area contributed by atoms with Crippen molar-refractivity contribution < 1.29 is 13.9 Å². The van der Waals surface area contributed by atoms with Gasteiger partial charge in [0, 0.05) is 30.4 Å². The molecule has 4 aromatic rings. The first-order valence-electron chi connectivity index (χ1n) is 10.4. The number of aromatic nitrogens is 3. The number of ether oxygens (including phenoxy) is 1. The van der Waals surface area contributed by atoms with Crippen LogP contribution < -0.4 is 10.9 Å². The van der Waals surface area contributed by atoms with E-state index in [-0.39, 0.29) is 30.2 Å². The van der Waals surface area contributed by atoms with E-state index in [1.54, 1.807) is 6.07 Å². The number of carbonyl (C=O) groups excluding carboxylic acids is 1. The molecule has 2 unspecified atom stereocenters. The Morgan fingerprint density at radius 1 is 1.25 bits per heavy atom. The normalized spacial score (nSPS) is 19.6. The first-order valence-corrected chi connectivity index (χ1v) is 11.3. The fraction of sp³-hybridized carbons (Fsp3) is 0.364. The number of nitrogens with one attached hydrogen (secondary N) is 1. The lowest BCUT2D eigenvalue weighted by Gasteiger charge is -2.34. The third-order valence-corrected chi connectivity index (χ3v) is 6.15. The van der Waals surface area contributed by atoms with E-state index in [9.17, 15) is 9.59 Å². The molecule has 2 atom stereocenters. The second-order valence-electron chi connectivity index (χ2n) is 8.10. The number of hydrogen-bond acceptors (Lipinski definition) is 8. The molecule has 1 fully saturated rings. The van der Waals surface area contributed by atoms with Gasteiger partial charge >= 0.3 is 0 Å². The predicted octanol–water partition coefficient (Wildman–Crippen LogP) is 2.85. The SMILES string of the molecule is CC1CN(Cc2csc(NC(=O)Cn3cnc4c(oc5ccccc54)c3=O)n2)CC(C)O1. The summed E-state index contributed by atoms with van der Waals surface area (Å²) in [4.78, 5) is 36.5. The average molecular weight is 454 g/mol. The standard InChI is InChI=1S/C22H23N5O4S/c1-13-7-26(8-14(2)30-13)9-15-11-32-22(24-15)25-18(28)10-27-12-23-19-16-5-3-4-6-17(16)31-20(19)21(27)29/h3-6,11-14H,7-10H2,1-2H3,(H,24,25,28). The van der Waals surface area contributed by atoms with Crippen LogP contribution in [0, 0.1) is 0 Å². The Morgan fingerprint density at radius 2 is 2.03 bits per heavy atom. The van der Waals surface area contributed by atoms with E-state index < -0.39 is 5.56 Å². The number of anilines is 1. The zero-order valence-corrected chi connectivity index (χ0v) is 18.6. The molecule has 1 saturated heterocycles. The van der Waals surface area contributed by atoms with Crippen LogP contribution >= 0.6 is 11.3 Å². The van der Waals surface area contributed by atoms with E-state index in [2.05, 4.69) is 34.0 Å². The van der Waals surface area contributed by atoms with Gasteiger partial charge in [0.15, 0.2) is 5.13 Å². The van der Waals surface area contributed by atoms with Crippen LogP contribution in [-0.4, -0.2) is 50.6 Å². The Balaban J connectivity index is 1.26. The lowest BCUT2D eigenvalue weighted by atomic mass is 10.2. The Labute approximate surface area is 187 Å². The molecule has 0 bridgehead atoms. The summed E-state index contributed by atoms with van der Waals surface area (Å²) in [7, 11) is 0. The van der Waals surface area contributed by atoms with Gasteiger partial charge in [-0.3, -0.25) is 19.1 Å². The third-order valence-electron chi connectivity index (χ3n) is 5.34. The Bertz CT molecular complexity index is 1330. The van der Waals surface area contributed by atoms with Crippen molar-refractivity contribution in [3.05, 3.63) is 52.0 Å². The second kappa shape index (κ2) is 8.45. The lowest BCUT2D eigenvalue weighted by molar-refractivity contribution is -0.116. The monoisotopic (exact) mass is 453 g/mol. The maximum Gasteiger partial charge on any atom is 0.297 e. The molecule has 1 aliphatic rings. The number of furan rings is 1. The average Bonchev–Trinajstić information content (AvgIpc) is 3.34. The third kappa shape index (κ3) is 4.16.